The third-order valence-corrected chi connectivity index (χ3v) is 2.80. The van der Waals surface area contributed by atoms with E-state index < -0.39 is 0 Å². The van der Waals surface area contributed by atoms with Gasteiger partial charge in [0.1, 0.15) is 0 Å². The molecule has 2 heterocycles. The summed E-state index contributed by atoms with van der Waals surface area (Å²) >= 11 is 0. The van der Waals surface area contributed by atoms with E-state index >= 15 is 0 Å². The molecular weight excluding hydrogens is 228 g/mol. The number of nitrogens with zero attached hydrogens (tertiary/aromatic N) is 2. The molecule has 0 bridgehead atoms. The highest BCUT2D eigenvalue weighted by Crippen LogP contribution is 2.05. The number of hydrogen-bond acceptors (Lipinski definition) is 3. The highest BCUT2D eigenvalue weighted by molar-refractivity contribution is 5.75. The predicted molar refractivity (Wildman–Crippen MR) is 70.2 cm³/mol. The van der Waals surface area contributed by atoms with Crippen LogP contribution in [0.25, 0.3) is 5.52 Å². The van der Waals surface area contributed by atoms with Crippen LogP contribution in [0.15, 0.2) is 30.6 Å². The van der Waals surface area contributed by atoms with Crippen LogP contribution >= 0.6 is 0 Å². The zero-order valence-corrected chi connectivity index (χ0v) is 10.3. The van der Waals surface area contributed by atoms with Crippen LogP contribution in [-0.4, -0.2) is 28.6 Å². The molecular formula is C13H18N4O. The van der Waals surface area contributed by atoms with Crippen LogP contribution in [-0.2, 0) is 11.2 Å². The molecule has 1 amide bonds. The fraction of sp³-hybridized carbons (Fsp3) is 0.385. The summed E-state index contributed by atoms with van der Waals surface area (Å²) in [6.45, 7) is 1.21. The average Bonchev–Trinajstić information content (AvgIpc) is 2.83. The molecule has 2 rings (SSSR count). The third kappa shape index (κ3) is 3.30. The summed E-state index contributed by atoms with van der Waals surface area (Å²) in [6.07, 6.45) is 5.82. The Hall–Kier alpha value is -1.88. The van der Waals surface area contributed by atoms with E-state index in [1.807, 2.05) is 22.8 Å². The lowest BCUT2D eigenvalue weighted by Gasteiger charge is -2.05. The number of carbonyl (C=O) groups is 1. The van der Waals surface area contributed by atoms with Gasteiger partial charge in [-0.05, 0) is 37.1 Å². The van der Waals surface area contributed by atoms with Crippen molar-refractivity contribution in [1.82, 2.24) is 14.9 Å². The van der Waals surface area contributed by atoms with Gasteiger partial charge in [0.25, 0.3) is 0 Å². The Balaban J connectivity index is 1.81. The molecule has 0 aliphatic carbocycles. The van der Waals surface area contributed by atoms with Gasteiger partial charge in [0.2, 0.25) is 5.91 Å². The molecule has 0 aromatic carbocycles. The highest BCUT2D eigenvalue weighted by Gasteiger charge is 2.01. The Labute approximate surface area is 106 Å². The van der Waals surface area contributed by atoms with Crippen molar-refractivity contribution in [1.29, 1.82) is 0 Å². The fourth-order valence-electron chi connectivity index (χ4n) is 1.80. The van der Waals surface area contributed by atoms with Gasteiger partial charge in [-0.1, -0.05) is 6.07 Å². The summed E-state index contributed by atoms with van der Waals surface area (Å²) in [6, 6.07) is 6.04. The van der Waals surface area contributed by atoms with Gasteiger partial charge in [-0.3, -0.25) is 4.79 Å². The molecule has 2 aromatic rings. The monoisotopic (exact) mass is 246 g/mol. The number of rotatable bonds is 6. The minimum absolute atomic E-state index is 0.0700. The Bertz CT molecular complexity index is 520. The van der Waals surface area contributed by atoms with Crippen molar-refractivity contribution in [3.05, 3.63) is 36.2 Å². The van der Waals surface area contributed by atoms with E-state index in [1.165, 1.54) is 0 Å². The van der Waals surface area contributed by atoms with Gasteiger partial charge >= 0.3 is 0 Å². The largest absolute Gasteiger partial charge is 0.356 e. The topological polar surface area (TPSA) is 72.4 Å². The third-order valence-electron chi connectivity index (χ3n) is 2.80. The Morgan fingerprint density at radius 1 is 1.39 bits per heavy atom. The molecule has 2 aromatic heterocycles. The molecule has 0 unspecified atom stereocenters. The Morgan fingerprint density at radius 2 is 2.28 bits per heavy atom. The smallest absolute Gasteiger partial charge is 0.220 e. The number of aromatic nitrogens is 2. The van der Waals surface area contributed by atoms with Crippen LogP contribution in [0.5, 0.6) is 0 Å². The van der Waals surface area contributed by atoms with Crippen LogP contribution in [0.2, 0.25) is 0 Å². The van der Waals surface area contributed by atoms with Crippen molar-refractivity contribution in [2.24, 2.45) is 5.73 Å². The number of hydrogen-bond donors (Lipinski definition) is 2. The first-order valence-electron chi connectivity index (χ1n) is 6.18. The van der Waals surface area contributed by atoms with E-state index in [2.05, 4.69) is 16.5 Å². The first-order valence-corrected chi connectivity index (χ1v) is 6.18. The summed E-state index contributed by atoms with van der Waals surface area (Å²) in [5.74, 6) is 0.0700. The lowest BCUT2D eigenvalue weighted by molar-refractivity contribution is -0.121. The van der Waals surface area contributed by atoms with Gasteiger partial charge in [-0.25, -0.2) is 4.52 Å². The number of amides is 1. The lowest BCUT2D eigenvalue weighted by atomic mass is 10.2. The molecule has 5 nitrogen and oxygen atoms in total. The van der Waals surface area contributed by atoms with Crippen LogP contribution in [0.3, 0.4) is 0 Å². The molecule has 0 fully saturated rings. The zero-order chi connectivity index (χ0) is 12.8. The molecule has 0 radical (unpaired) electrons. The number of nitrogens with one attached hydrogen (secondary N) is 1. The van der Waals surface area contributed by atoms with Gasteiger partial charge in [0.15, 0.2) is 0 Å². The SMILES string of the molecule is NCCCC(=O)NCCc1ccc2ccnn2c1. The van der Waals surface area contributed by atoms with Gasteiger partial charge in [-0.2, -0.15) is 5.10 Å². The van der Waals surface area contributed by atoms with Crippen molar-refractivity contribution in [2.75, 3.05) is 13.1 Å². The second-order valence-corrected chi connectivity index (χ2v) is 4.23. The molecule has 96 valence electrons. The molecule has 0 spiro atoms. The minimum atomic E-state index is 0.0700. The van der Waals surface area contributed by atoms with Crippen molar-refractivity contribution in [3.63, 3.8) is 0 Å². The van der Waals surface area contributed by atoms with E-state index in [-0.39, 0.29) is 5.91 Å². The second-order valence-electron chi connectivity index (χ2n) is 4.23. The van der Waals surface area contributed by atoms with E-state index in [0.717, 1.165) is 23.9 Å². The molecule has 0 aliphatic rings. The summed E-state index contributed by atoms with van der Waals surface area (Å²) in [5, 5.41) is 7.06. The van der Waals surface area contributed by atoms with E-state index in [1.54, 1.807) is 6.20 Å². The number of nitrogens with two attached hydrogens (primary N) is 1. The number of fused-ring (bicyclic) bond motifs is 1. The predicted octanol–water partition coefficient (Wildman–Crippen LogP) is 0.732. The second kappa shape index (κ2) is 6.16. The fourth-order valence-corrected chi connectivity index (χ4v) is 1.80. The molecule has 0 saturated carbocycles. The maximum Gasteiger partial charge on any atom is 0.220 e. The summed E-state index contributed by atoms with van der Waals surface area (Å²) in [5.41, 5.74) is 7.58. The van der Waals surface area contributed by atoms with Crippen molar-refractivity contribution >= 4 is 11.4 Å². The number of pyridine rings is 1. The molecule has 18 heavy (non-hydrogen) atoms. The highest BCUT2D eigenvalue weighted by atomic mass is 16.1. The first-order chi connectivity index (χ1) is 8.79. The lowest BCUT2D eigenvalue weighted by Crippen LogP contribution is -2.26. The minimum Gasteiger partial charge on any atom is -0.356 e. The van der Waals surface area contributed by atoms with Gasteiger partial charge in [0.05, 0.1) is 5.52 Å². The van der Waals surface area contributed by atoms with E-state index in [9.17, 15) is 4.79 Å². The normalized spacial score (nSPS) is 10.7. The van der Waals surface area contributed by atoms with E-state index in [4.69, 9.17) is 5.73 Å². The number of carbonyl (C=O) groups excluding carboxylic acids is 1. The molecule has 0 saturated heterocycles. The van der Waals surface area contributed by atoms with Crippen molar-refractivity contribution in [3.8, 4) is 0 Å². The average molecular weight is 246 g/mol. The Kier molecular flexibility index (Phi) is 4.30. The van der Waals surface area contributed by atoms with Gasteiger partial charge in [0, 0.05) is 25.4 Å². The van der Waals surface area contributed by atoms with Crippen LogP contribution < -0.4 is 11.1 Å². The van der Waals surface area contributed by atoms with Crippen molar-refractivity contribution < 1.29 is 4.79 Å². The summed E-state index contributed by atoms with van der Waals surface area (Å²) < 4.78 is 1.84. The quantitative estimate of drug-likeness (QED) is 0.789. The summed E-state index contributed by atoms with van der Waals surface area (Å²) in [7, 11) is 0. The molecule has 5 heteroatoms. The molecule has 0 aliphatic heterocycles. The Morgan fingerprint density at radius 3 is 3.11 bits per heavy atom. The summed E-state index contributed by atoms with van der Waals surface area (Å²) in [4.78, 5) is 11.4. The maximum atomic E-state index is 11.4. The standard InChI is InChI=1S/C13H18N4O/c14-7-1-2-13(18)15-8-5-11-3-4-12-6-9-16-17(12)10-11/h3-4,6,9-10H,1-2,5,7-8,14H2,(H,15,18). The van der Waals surface area contributed by atoms with Gasteiger partial charge in [-0.15, -0.1) is 0 Å². The van der Waals surface area contributed by atoms with Crippen LogP contribution in [0, 0.1) is 0 Å². The maximum absolute atomic E-state index is 11.4. The van der Waals surface area contributed by atoms with Gasteiger partial charge < -0.3 is 11.1 Å². The van der Waals surface area contributed by atoms with Crippen molar-refractivity contribution in [2.45, 2.75) is 19.3 Å². The molecule has 3 N–H and O–H groups in total. The van der Waals surface area contributed by atoms with Crippen LogP contribution in [0.4, 0.5) is 0 Å². The van der Waals surface area contributed by atoms with E-state index in [0.29, 0.717) is 19.5 Å². The zero-order valence-electron chi connectivity index (χ0n) is 10.3. The van der Waals surface area contributed by atoms with Crippen LogP contribution in [0.1, 0.15) is 18.4 Å². The molecule has 0 atom stereocenters. The first kappa shape index (κ1) is 12.6.